The molecule has 4 heterocycles. The quantitative estimate of drug-likeness (QED) is 0.846. The monoisotopic (exact) mass is 393 g/mol. The van der Waals surface area contributed by atoms with Crippen LogP contribution in [0.15, 0.2) is 36.4 Å². The SMILES string of the molecule is O=C(Nc1ccc(C(=O)N2CC3(CCOCC3)C2)nn1)N1Cc2ccccc2C1. The molecule has 0 radical (unpaired) electrons. The number of rotatable bonds is 2. The lowest BCUT2D eigenvalue weighted by Gasteiger charge is -2.51. The second-order valence-corrected chi connectivity index (χ2v) is 8.13. The Morgan fingerprint density at radius 2 is 1.62 bits per heavy atom. The number of hydrogen-bond acceptors (Lipinski definition) is 5. The first kappa shape index (κ1) is 18.1. The Kier molecular flexibility index (Phi) is 4.43. The summed E-state index contributed by atoms with van der Waals surface area (Å²) in [7, 11) is 0. The molecule has 3 aliphatic heterocycles. The Morgan fingerprint density at radius 1 is 0.931 bits per heavy atom. The van der Waals surface area contributed by atoms with Crippen molar-refractivity contribution in [2.75, 3.05) is 31.6 Å². The van der Waals surface area contributed by atoms with E-state index in [1.807, 2.05) is 29.2 Å². The second kappa shape index (κ2) is 7.11. The predicted octanol–water partition coefficient (Wildman–Crippen LogP) is 2.28. The Hall–Kier alpha value is -3.00. The molecule has 0 unspecified atom stereocenters. The van der Waals surface area contributed by atoms with Gasteiger partial charge in [-0.1, -0.05) is 24.3 Å². The van der Waals surface area contributed by atoms with E-state index >= 15 is 0 Å². The van der Waals surface area contributed by atoms with Crippen LogP contribution in [0.1, 0.15) is 34.5 Å². The molecule has 0 aliphatic carbocycles. The molecule has 2 saturated heterocycles. The molecule has 3 amide bonds. The number of benzene rings is 1. The largest absolute Gasteiger partial charge is 0.381 e. The average Bonchev–Trinajstić information content (AvgIpc) is 3.17. The lowest BCUT2D eigenvalue weighted by molar-refractivity contribution is -0.0668. The van der Waals surface area contributed by atoms with Gasteiger partial charge in [-0.25, -0.2) is 4.79 Å². The summed E-state index contributed by atoms with van der Waals surface area (Å²) in [4.78, 5) is 28.7. The molecule has 0 saturated carbocycles. The van der Waals surface area contributed by atoms with E-state index < -0.39 is 0 Å². The lowest BCUT2D eigenvalue weighted by Crippen LogP contribution is -2.60. The summed E-state index contributed by atoms with van der Waals surface area (Å²) in [5.41, 5.74) is 2.85. The fourth-order valence-corrected chi connectivity index (χ4v) is 4.37. The van der Waals surface area contributed by atoms with E-state index in [4.69, 9.17) is 4.74 Å². The maximum Gasteiger partial charge on any atom is 0.323 e. The van der Waals surface area contributed by atoms with Gasteiger partial charge in [-0.2, -0.15) is 0 Å². The molecule has 1 aromatic heterocycles. The van der Waals surface area contributed by atoms with Crippen LogP contribution in [0.3, 0.4) is 0 Å². The Labute approximate surface area is 168 Å². The van der Waals surface area contributed by atoms with Gasteiger partial charge in [0.2, 0.25) is 0 Å². The molecular formula is C21H23N5O3. The number of hydrogen-bond donors (Lipinski definition) is 1. The van der Waals surface area contributed by atoms with Crippen LogP contribution in [0.4, 0.5) is 10.6 Å². The van der Waals surface area contributed by atoms with Crippen molar-refractivity contribution < 1.29 is 14.3 Å². The van der Waals surface area contributed by atoms with Crippen LogP contribution in [0.5, 0.6) is 0 Å². The van der Waals surface area contributed by atoms with E-state index in [1.165, 1.54) is 0 Å². The van der Waals surface area contributed by atoms with E-state index in [2.05, 4.69) is 15.5 Å². The molecule has 8 heteroatoms. The number of nitrogens with zero attached hydrogens (tertiary/aromatic N) is 4. The maximum atomic E-state index is 12.6. The molecule has 3 aliphatic rings. The highest BCUT2D eigenvalue weighted by molar-refractivity contribution is 5.93. The van der Waals surface area contributed by atoms with Gasteiger partial charge >= 0.3 is 6.03 Å². The van der Waals surface area contributed by atoms with Crippen molar-refractivity contribution in [1.29, 1.82) is 0 Å². The van der Waals surface area contributed by atoms with E-state index in [-0.39, 0.29) is 17.4 Å². The first-order valence-corrected chi connectivity index (χ1v) is 9.95. The third-order valence-electron chi connectivity index (χ3n) is 6.14. The van der Waals surface area contributed by atoms with Crippen LogP contribution in [0, 0.1) is 5.41 Å². The van der Waals surface area contributed by atoms with Gasteiger partial charge in [-0.05, 0) is 36.1 Å². The number of fused-ring (bicyclic) bond motifs is 1. The molecule has 5 rings (SSSR count). The van der Waals surface area contributed by atoms with Crippen molar-refractivity contribution >= 4 is 17.8 Å². The Morgan fingerprint density at radius 3 is 2.24 bits per heavy atom. The second-order valence-electron chi connectivity index (χ2n) is 8.13. The fraction of sp³-hybridized carbons (Fsp3) is 0.429. The standard InChI is InChI=1S/C21H23N5O3/c27-19(26-13-21(14-26)7-9-29-10-8-21)17-5-6-18(24-23-17)22-20(28)25-11-15-3-1-2-4-16(15)12-25/h1-6H,7-14H2,(H,22,24,28). The number of carbonyl (C=O) groups excluding carboxylic acids is 2. The number of anilines is 1. The van der Waals surface area contributed by atoms with Crippen molar-refractivity contribution in [2.24, 2.45) is 5.41 Å². The van der Waals surface area contributed by atoms with Crippen molar-refractivity contribution in [1.82, 2.24) is 20.0 Å². The summed E-state index contributed by atoms with van der Waals surface area (Å²) in [6.07, 6.45) is 2.02. The number of ether oxygens (including phenoxy) is 1. The van der Waals surface area contributed by atoms with Gasteiger partial charge in [0.05, 0.1) is 0 Å². The zero-order valence-corrected chi connectivity index (χ0v) is 16.1. The number of nitrogens with one attached hydrogen (secondary N) is 1. The summed E-state index contributed by atoms with van der Waals surface area (Å²) in [6, 6.07) is 11.0. The summed E-state index contributed by atoms with van der Waals surface area (Å²) < 4.78 is 5.42. The van der Waals surface area contributed by atoms with Crippen molar-refractivity contribution in [2.45, 2.75) is 25.9 Å². The highest BCUT2D eigenvalue weighted by Gasteiger charge is 2.46. The zero-order valence-electron chi connectivity index (χ0n) is 16.1. The number of urea groups is 1. The lowest BCUT2D eigenvalue weighted by atomic mass is 9.73. The third-order valence-corrected chi connectivity index (χ3v) is 6.14. The minimum Gasteiger partial charge on any atom is -0.381 e. The van der Waals surface area contributed by atoms with Crippen LogP contribution in [0.2, 0.25) is 0 Å². The van der Waals surface area contributed by atoms with Crippen LogP contribution in [0.25, 0.3) is 0 Å². The molecule has 1 N–H and O–H groups in total. The number of amides is 3. The van der Waals surface area contributed by atoms with Crippen molar-refractivity contribution in [3.8, 4) is 0 Å². The summed E-state index contributed by atoms with van der Waals surface area (Å²) in [5, 5.41) is 10.8. The molecule has 8 nitrogen and oxygen atoms in total. The summed E-state index contributed by atoms with van der Waals surface area (Å²) in [5.74, 6) is 0.231. The van der Waals surface area contributed by atoms with Gasteiger partial charge in [0.25, 0.3) is 5.91 Å². The van der Waals surface area contributed by atoms with Crippen LogP contribution < -0.4 is 5.32 Å². The van der Waals surface area contributed by atoms with Crippen molar-refractivity contribution in [3.63, 3.8) is 0 Å². The molecule has 2 fully saturated rings. The predicted molar refractivity (Wildman–Crippen MR) is 105 cm³/mol. The summed E-state index contributed by atoms with van der Waals surface area (Å²) in [6.45, 7) is 4.22. The maximum absolute atomic E-state index is 12.6. The van der Waals surface area contributed by atoms with Gasteiger partial charge in [0, 0.05) is 44.8 Å². The first-order valence-electron chi connectivity index (χ1n) is 9.95. The van der Waals surface area contributed by atoms with E-state index in [9.17, 15) is 9.59 Å². The Bertz CT molecular complexity index is 907. The molecule has 29 heavy (non-hydrogen) atoms. The van der Waals surface area contributed by atoms with Crippen LogP contribution in [-0.4, -0.2) is 58.2 Å². The van der Waals surface area contributed by atoms with Gasteiger partial charge < -0.3 is 14.5 Å². The van der Waals surface area contributed by atoms with E-state index in [0.29, 0.717) is 24.6 Å². The molecule has 2 aromatic rings. The number of likely N-dealkylation sites (tertiary alicyclic amines) is 1. The first-order chi connectivity index (χ1) is 14.1. The molecule has 1 spiro atoms. The minimum absolute atomic E-state index is 0.109. The van der Waals surface area contributed by atoms with Gasteiger partial charge in [0.1, 0.15) is 0 Å². The Balaban J connectivity index is 1.17. The van der Waals surface area contributed by atoms with E-state index in [1.54, 1.807) is 17.0 Å². The topological polar surface area (TPSA) is 87.7 Å². The van der Waals surface area contributed by atoms with Crippen molar-refractivity contribution in [3.05, 3.63) is 53.2 Å². The third kappa shape index (κ3) is 3.44. The molecule has 0 atom stereocenters. The molecule has 0 bridgehead atoms. The minimum atomic E-state index is -0.223. The zero-order chi connectivity index (χ0) is 19.8. The highest BCUT2D eigenvalue weighted by Crippen LogP contribution is 2.40. The fourth-order valence-electron chi connectivity index (χ4n) is 4.37. The molecular weight excluding hydrogens is 370 g/mol. The summed E-state index contributed by atoms with van der Waals surface area (Å²) >= 11 is 0. The van der Waals surface area contributed by atoms with Crippen LogP contribution in [-0.2, 0) is 17.8 Å². The van der Waals surface area contributed by atoms with Gasteiger partial charge in [-0.3, -0.25) is 10.1 Å². The average molecular weight is 393 g/mol. The highest BCUT2D eigenvalue weighted by atomic mass is 16.5. The molecule has 150 valence electrons. The van der Waals surface area contributed by atoms with Crippen LogP contribution >= 0.6 is 0 Å². The molecule has 1 aromatic carbocycles. The smallest absolute Gasteiger partial charge is 0.323 e. The van der Waals surface area contributed by atoms with Gasteiger partial charge in [0.15, 0.2) is 11.5 Å². The number of aromatic nitrogens is 2. The normalized spacial score (nSPS) is 19.6. The van der Waals surface area contributed by atoms with Gasteiger partial charge in [-0.15, -0.1) is 10.2 Å². The van der Waals surface area contributed by atoms with E-state index in [0.717, 1.165) is 50.3 Å². The number of carbonyl (C=O) groups is 2.